The molecule has 204 valence electrons. The predicted octanol–water partition coefficient (Wildman–Crippen LogP) is 4.80. The minimum Gasteiger partial charge on any atom is -0.359 e. The maximum atomic E-state index is 14.1. The van der Waals surface area contributed by atoms with E-state index in [4.69, 9.17) is 16.3 Å². The number of carbonyl (C=O) groups excluding carboxylic acids is 3. The maximum absolute atomic E-state index is 14.1. The van der Waals surface area contributed by atoms with Crippen LogP contribution in [-0.2, 0) is 25.7 Å². The average molecular weight is 566 g/mol. The van der Waals surface area contributed by atoms with E-state index in [9.17, 15) is 14.4 Å². The first kappa shape index (κ1) is 26.4. The Bertz CT molecular complexity index is 1310. The third-order valence-corrected chi connectivity index (χ3v) is 9.46. The normalized spacial score (nSPS) is 29.5. The SMILES string of the molecule is CSc1cccc(NC(=O)[C@H]2[C@@H]3C=C[C@]4(O3)[C@@H]2C(=O)N(Cc2ccc(Cl)cc2)[C@@H]4C(=O)NC2CCCCC2)c1. The van der Waals surface area contributed by atoms with Crippen LogP contribution in [0.15, 0.2) is 65.6 Å². The van der Waals surface area contributed by atoms with Crippen molar-refractivity contribution in [3.63, 3.8) is 0 Å². The van der Waals surface area contributed by atoms with Gasteiger partial charge in [-0.3, -0.25) is 14.4 Å². The lowest BCUT2D eigenvalue weighted by Crippen LogP contribution is -2.56. The van der Waals surface area contributed by atoms with Gasteiger partial charge in [0.05, 0.1) is 17.9 Å². The second kappa shape index (κ2) is 10.6. The van der Waals surface area contributed by atoms with Gasteiger partial charge in [-0.25, -0.2) is 0 Å². The lowest BCUT2D eigenvalue weighted by molar-refractivity contribution is -0.142. The van der Waals surface area contributed by atoms with Gasteiger partial charge in [-0.15, -0.1) is 11.8 Å². The number of halogens is 1. The van der Waals surface area contributed by atoms with E-state index >= 15 is 0 Å². The van der Waals surface area contributed by atoms with E-state index < -0.39 is 29.6 Å². The molecule has 39 heavy (non-hydrogen) atoms. The number of hydrogen-bond acceptors (Lipinski definition) is 5. The van der Waals surface area contributed by atoms with Crippen LogP contribution in [0.5, 0.6) is 0 Å². The van der Waals surface area contributed by atoms with Gasteiger partial charge in [0.1, 0.15) is 11.6 Å². The fraction of sp³-hybridized carbons (Fsp3) is 0.433. The molecule has 7 nitrogen and oxygen atoms in total. The zero-order valence-corrected chi connectivity index (χ0v) is 23.3. The Morgan fingerprint density at radius 1 is 1.10 bits per heavy atom. The lowest BCUT2D eigenvalue weighted by atomic mass is 9.74. The minimum absolute atomic E-state index is 0.0829. The number of nitrogens with one attached hydrogen (secondary N) is 2. The summed E-state index contributed by atoms with van der Waals surface area (Å²) in [6.07, 6.45) is 10.3. The summed E-state index contributed by atoms with van der Waals surface area (Å²) >= 11 is 7.68. The van der Waals surface area contributed by atoms with Gasteiger partial charge in [-0.05, 0) is 55.0 Å². The Hall–Kier alpha value is -2.81. The van der Waals surface area contributed by atoms with Gasteiger partial charge in [0, 0.05) is 28.2 Å². The molecule has 3 heterocycles. The second-order valence-electron chi connectivity index (χ2n) is 10.9. The summed E-state index contributed by atoms with van der Waals surface area (Å²) in [5, 5.41) is 6.82. The van der Waals surface area contributed by atoms with Gasteiger partial charge in [-0.1, -0.05) is 61.2 Å². The fourth-order valence-corrected chi connectivity index (χ4v) is 7.26. The van der Waals surface area contributed by atoms with Crippen molar-refractivity contribution in [1.82, 2.24) is 10.2 Å². The summed E-state index contributed by atoms with van der Waals surface area (Å²) in [5.74, 6) is -2.25. The van der Waals surface area contributed by atoms with Crippen LogP contribution in [-0.4, -0.2) is 52.7 Å². The molecular formula is C30H32ClN3O4S. The van der Waals surface area contributed by atoms with Crippen LogP contribution in [0.25, 0.3) is 0 Å². The molecule has 3 aliphatic heterocycles. The fourth-order valence-electron chi connectivity index (χ4n) is 6.68. The zero-order chi connectivity index (χ0) is 27.1. The number of rotatable bonds is 7. The number of hydrogen-bond donors (Lipinski definition) is 2. The molecule has 2 bridgehead atoms. The molecule has 4 aliphatic rings. The molecule has 0 radical (unpaired) electrons. The van der Waals surface area contributed by atoms with Crippen molar-refractivity contribution in [2.75, 3.05) is 11.6 Å². The van der Waals surface area contributed by atoms with Crippen LogP contribution in [0.3, 0.4) is 0 Å². The van der Waals surface area contributed by atoms with Gasteiger partial charge >= 0.3 is 0 Å². The molecule has 2 saturated heterocycles. The van der Waals surface area contributed by atoms with Crippen molar-refractivity contribution in [1.29, 1.82) is 0 Å². The van der Waals surface area contributed by atoms with E-state index in [-0.39, 0.29) is 30.3 Å². The molecular weight excluding hydrogens is 534 g/mol. The van der Waals surface area contributed by atoms with Crippen molar-refractivity contribution in [2.24, 2.45) is 11.8 Å². The number of likely N-dealkylation sites (tertiary alicyclic amines) is 1. The molecule has 0 unspecified atom stereocenters. The van der Waals surface area contributed by atoms with Crippen molar-refractivity contribution < 1.29 is 19.1 Å². The molecule has 6 rings (SSSR count). The van der Waals surface area contributed by atoms with E-state index in [0.717, 1.165) is 36.1 Å². The van der Waals surface area contributed by atoms with Crippen LogP contribution in [0.4, 0.5) is 5.69 Å². The summed E-state index contributed by atoms with van der Waals surface area (Å²) in [6, 6.07) is 14.1. The molecule has 1 aliphatic carbocycles. The highest BCUT2D eigenvalue weighted by atomic mass is 35.5. The Morgan fingerprint density at radius 3 is 2.62 bits per heavy atom. The van der Waals surface area contributed by atoms with Crippen LogP contribution in [0.1, 0.15) is 37.7 Å². The summed E-state index contributed by atoms with van der Waals surface area (Å²) in [4.78, 5) is 44.4. The molecule has 1 spiro atoms. The van der Waals surface area contributed by atoms with Crippen LogP contribution in [0.2, 0.25) is 5.02 Å². The van der Waals surface area contributed by atoms with Crippen LogP contribution >= 0.6 is 23.4 Å². The summed E-state index contributed by atoms with van der Waals surface area (Å²) < 4.78 is 6.46. The summed E-state index contributed by atoms with van der Waals surface area (Å²) in [6.45, 7) is 0.225. The Balaban J connectivity index is 1.32. The van der Waals surface area contributed by atoms with E-state index in [0.29, 0.717) is 10.7 Å². The Labute approximate surface area is 237 Å². The molecule has 3 amide bonds. The third kappa shape index (κ3) is 4.77. The molecule has 0 aromatic heterocycles. The first-order valence-electron chi connectivity index (χ1n) is 13.6. The van der Waals surface area contributed by atoms with E-state index in [1.54, 1.807) is 28.8 Å². The minimum atomic E-state index is -1.18. The van der Waals surface area contributed by atoms with Gasteiger partial charge in [0.15, 0.2) is 0 Å². The summed E-state index contributed by atoms with van der Waals surface area (Å²) in [5.41, 5.74) is 0.339. The van der Waals surface area contributed by atoms with Crippen molar-refractivity contribution >= 4 is 46.8 Å². The lowest BCUT2D eigenvalue weighted by Gasteiger charge is -2.34. The maximum Gasteiger partial charge on any atom is 0.246 e. The number of carbonyl (C=O) groups is 3. The number of fused-ring (bicyclic) bond motifs is 1. The molecule has 2 N–H and O–H groups in total. The summed E-state index contributed by atoms with van der Waals surface area (Å²) in [7, 11) is 0. The smallest absolute Gasteiger partial charge is 0.246 e. The molecule has 9 heteroatoms. The number of thioether (sulfide) groups is 1. The number of ether oxygens (including phenoxy) is 1. The molecule has 5 atom stereocenters. The first-order chi connectivity index (χ1) is 18.9. The number of amides is 3. The van der Waals surface area contributed by atoms with E-state index in [1.807, 2.05) is 54.8 Å². The zero-order valence-electron chi connectivity index (χ0n) is 21.8. The van der Waals surface area contributed by atoms with Gasteiger partial charge < -0.3 is 20.3 Å². The number of benzene rings is 2. The Kier molecular flexibility index (Phi) is 7.20. The van der Waals surface area contributed by atoms with Gasteiger partial charge in [0.2, 0.25) is 17.7 Å². The van der Waals surface area contributed by atoms with E-state index in [2.05, 4.69) is 10.6 Å². The van der Waals surface area contributed by atoms with Crippen molar-refractivity contribution in [2.45, 2.75) is 67.3 Å². The highest BCUT2D eigenvalue weighted by Gasteiger charge is 2.72. The number of anilines is 1. The number of nitrogens with zero attached hydrogens (tertiary/aromatic N) is 1. The Morgan fingerprint density at radius 2 is 1.87 bits per heavy atom. The van der Waals surface area contributed by atoms with Crippen LogP contribution < -0.4 is 10.6 Å². The first-order valence-corrected chi connectivity index (χ1v) is 15.2. The molecule has 2 aromatic carbocycles. The van der Waals surface area contributed by atoms with E-state index in [1.165, 1.54) is 6.42 Å². The quantitative estimate of drug-likeness (QED) is 0.372. The monoisotopic (exact) mass is 565 g/mol. The van der Waals surface area contributed by atoms with Crippen molar-refractivity contribution in [3.8, 4) is 0 Å². The molecule has 3 fully saturated rings. The van der Waals surface area contributed by atoms with Crippen LogP contribution in [0, 0.1) is 11.8 Å². The standard InChI is InChI=1S/C30H32ClN3O4S/c1-39-22-9-5-8-21(16-22)33-27(35)24-23-14-15-30(38-23)25(24)29(37)34(17-18-10-12-19(31)13-11-18)26(30)28(36)32-20-6-3-2-4-7-20/h5,8-16,20,23-26H,2-4,6-7,17H2,1H3,(H,32,36)(H,33,35)/t23-,24-,25-,26+,30-/m0/s1. The molecule has 2 aromatic rings. The highest BCUT2D eigenvalue weighted by Crippen LogP contribution is 2.55. The largest absolute Gasteiger partial charge is 0.359 e. The highest BCUT2D eigenvalue weighted by molar-refractivity contribution is 7.98. The predicted molar refractivity (Wildman–Crippen MR) is 151 cm³/mol. The van der Waals surface area contributed by atoms with Crippen molar-refractivity contribution in [3.05, 3.63) is 71.3 Å². The molecule has 1 saturated carbocycles. The van der Waals surface area contributed by atoms with Gasteiger partial charge in [0.25, 0.3) is 0 Å². The third-order valence-electron chi connectivity index (χ3n) is 8.48. The van der Waals surface area contributed by atoms with Gasteiger partial charge in [-0.2, -0.15) is 0 Å². The average Bonchev–Trinajstić information content (AvgIpc) is 3.58. The second-order valence-corrected chi connectivity index (χ2v) is 12.2. The topological polar surface area (TPSA) is 87.7 Å².